The predicted octanol–water partition coefficient (Wildman–Crippen LogP) is 2.15. The van der Waals surface area contributed by atoms with Crippen LogP contribution in [-0.4, -0.2) is 39.3 Å². The van der Waals surface area contributed by atoms with E-state index in [4.69, 9.17) is 9.47 Å². The monoisotopic (exact) mass is 411 g/mol. The van der Waals surface area contributed by atoms with E-state index in [2.05, 4.69) is 15.4 Å². The first-order chi connectivity index (χ1) is 14.4. The van der Waals surface area contributed by atoms with Crippen molar-refractivity contribution in [3.05, 3.63) is 58.5 Å². The molecule has 0 unspecified atom stereocenters. The van der Waals surface area contributed by atoms with Gasteiger partial charge in [-0.1, -0.05) is 12.1 Å². The third-order valence-corrected chi connectivity index (χ3v) is 4.61. The zero-order chi connectivity index (χ0) is 21.4. The van der Waals surface area contributed by atoms with Crippen molar-refractivity contribution in [3.63, 3.8) is 0 Å². The number of ether oxygens (including phenoxy) is 2. The molecule has 4 aromatic rings. The van der Waals surface area contributed by atoms with Crippen LogP contribution in [-0.2, 0) is 11.3 Å². The first-order valence-corrected chi connectivity index (χ1v) is 8.99. The highest BCUT2D eigenvalue weighted by molar-refractivity contribution is 5.96. The number of benzene rings is 2. The molecule has 4 rings (SSSR count). The summed E-state index contributed by atoms with van der Waals surface area (Å²) < 4.78 is 26.9. The van der Waals surface area contributed by atoms with Crippen LogP contribution >= 0.6 is 0 Å². The van der Waals surface area contributed by atoms with Gasteiger partial charge in [0.25, 0.3) is 0 Å². The number of nitrogens with zero attached hydrogens (tertiary/aromatic N) is 4. The number of methoxy groups -OCH3 is 2. The van der Waals surface area contributed by atoms with Crippen molar-refractivity contribution in [1.29, 1.82) is 0 Å². The molecule has 9 nitrogen and oxygen atoms in total. The first-order valence-electron chi connectivity index (χ1n) is 8.99. The smallest absolute Gasteiger partial charge is 0.351 e. The minimum absolute atomic E-state index is 0.0248. The Bertz CT molecular complexity index is 1340. The van der Waals surface area contributed by atoms with E-state index in [1.165, 1.54) is 37.0 Å². The van der Waals surface area contributed by atoms with Crippen molar-refractivity contribution < 1.29 is 18.7 Å². The number of carbonyl (C=O) groups excluding carboxylic acids is 1. The van der Waals surface area contributed by atoms with Gasteiger partial charge < -0.3 is 14.8 Å². The van der Waals surface area contributed by atoms with Crippen LogP contribution in [0.2, 0.25) is 0 Å². The van der Waals surface area contributed by atoms with E-state index >= 15 is 0 Å². The molecule has 0 aliphatic carbocycles. The molecule has 0 saturated carbocycles. The number of hydrogen-bond acceptors (Lipinski definition) is 6. The summed E-state index contributed by atoms with van der Waals surface area (Å²) in [5.74, 6) is 0.0739. The van der Waals surface area contributed by atoms with E-state index in [1.54, 1.807) is 25.1 Å². The molecule has 0 aliphatic rings. The second kappa shape index (κ2) is 7.47. The molecule has 10 heteroatoms. The highest BCUT2D eigenvalue weighted by Crippen LogP contribution is 2.33. The van der Waals surface area contributed by atoms with Crippen LogP contribution in [0.3, 0.4) is 0 Å². The van der Waals surface area contributed by atoms with E-state index in [0.29, 0.717) is 33.9 Å². The number of anilines is 1. The van der Waals surface area contributed by atoms with Crippen molar-refractivity contribution >= 4 is 28.1 Å². The summed E-state index contributed by atoms with van der Waals surface area (Å²) >= 11 is 0. The number of aryl methyl sites for hydroxylation is 1. The van der Waals surface area contributed by atoms with Gasteiger partial charge in [0, 0.05) is 11.5 Å². The number of hydrogen-bond donors (Lipinski definition) is 1. The van der Waals surface area contributed by atoms with Crippen LogP contribution in [0, 0.1) is 12.7 Å². The van der Waals surface area contributed by atoms with Gasteiger partial charge in [0.05, 0.1) is 25.4 Å². The third-order valence-electron chi connectivity index (χ3n) is 4.61. The molecule has 2 heterocycles. The second-order valence-corrected chi connectivity index (χ2v) is 6.52. The number of fused-ring (bicyclic) bond motifs is 3. The number of halogens is 1. The van der Waals surface area contributed by atoms with E-state index in [0.717, 1.165) is 4.52 Å². The number of rotatable bonds is 5. The molecule has 154 valence electrons. The summed E-state index contributed by atoms with van der Waals surface area (Å²) in [5, 5.41) is 7.16. The minimum Gasteiger partial charge on any atom is -0.493 e. The maximum Gasteiger partial charge on any atom is 0.351 e. The Morgan fingerprint density at radius 3 is 2.57 bits per heavy atom. The average molecular weight is 411 g/mol. The summed E-state index contributed by atoms with van der Waals surface area (Å²) in [4.78, 5) is 30.0. The molecule has 0 spiro atoms. The molecule has 1 amide bonds. The number of para-hydroxylation sites is 1. The van der Waals surface area contributed by atoms with Gasteiger partial charge in [0.1, 0.15) is 18.2 Å². The maximum atomic E-state index is 13.9. The normalized spacial score (nSPS) is 11.1. The summed E-state index contributed by atoms with van der Waals surface area (Å²) in [6, 6.07) is 9.05. The lowest BCUT2D eigenvalue weighted by Crippen LogP contribution is -2.32. The van der Waals surface area contributed by atoms with Crippen LogP contribution in [0.4, 0.5) is 10.1 Å². The van der Waals surface area contributed by atoms with Gasteiger partial charge in [-0.15, -0.1) is 5.10 Å². The third kappa shape index (κ3) is 3.21. The van der Waals surface area contributed by atoms with Gasteiger partial charge >= 0.3 is 5.69 Å². The lowest BCUT2D eigenvalue weighted by atomic mass is 10.2. The topological polar surface area (TPSA) is 99.8 Å². The van der Waals surface area contributed by atoms with Crippen molar-refractivity contribution in [2.45, 2.75) is 13.5 Å². The Labute approximate surface area is 169 Å². The standard InChI is InChI=1S/C20H18FN5O4/c1-11-22-19-12-8-16(29-2)17(30-3)9-15(12)25(20(28)26(19)24-11)10-18(27)23-14-7-5-4-6-13(14)21/h4-9H,10H2,1-3H3,(H,23,27). The van der Waals surface area contributed by atoms with E-state index < -0.39 is 17.4 Å². The largest absolute Gasteiger partial charge is 0.493 e. The number of carbonyl (C=O) groups is 1. The van der Waals surface area contributed by atoms with Crippen LogP contribution in [0.15, 0.2) is 41.2 Å². The highest BCUT2D eigenvalue weighted by Gasteiger charge is 2.19. The minimum atomic E-state index is -0.575. The molecule has 0 aliphatic heterocycles. The summed E-state index contributed by atoms with van der Waals surface area (Å²) in [7, 11) is 2.96. The molecule has 2 aromatic heterocycles. The molecule has 0 radical (unpaired) electrons. The molecule has 1 N–H and O–H groups in total. The first kappa shape index (κ1) is 19.4. The van der Waals surface area contributed by atoms with Crippen molar-refractivity contribution in [3.8, 4) is 11.5 Å². The Morgan fingerprint density at radius 1 is 1.17 bits per heavy atom. The van der Waals surface area contributed by atoms with Gasteiger partial charge in [-0.05, 0) is 25.1 Å². The number of nitrogens with one attached hydrogen (secondary N) is 1. The molecule has 0 atom stereocenters. The summed E-state index contributed by atoms with van der Waals surface area (Å²) in [6.45, 7) is 1.29. The Balaban J connectivity index is 1.89. The van der Waals surface area contributed by atoms with Crippen LogP contribution in [0.5, 0.6) is 11.5 Å². The summed E-state index contributed by atoms with van der Waals surface area (Å²) in [6.07, 6.45) is 0. The Morgan fingerprint density at radius 2 is 1.87 bits per heavy atom. The quantitative estimate of drug-likeness (QED) is 0.540. The molecule has 0 fully saturated rings. The number of aromatic nitrogens is 4. The van der Waals surface area contributed by atoms with Crippen LogP contribution < -0.4 is 20.5 Å². The van der Waals surface area contributed by atoms with Gasteiger partial charge in [0.2, 0.25) is 5.91 Å². The van der Waals surface area contributed by atoms with Gasteiger partial charge in [-0.25, -0.2) is 14.2 Å². The molecular weight excluding hydrogens is 393 g/mol. The zero-order valence-electron chi connectivity index (χ0n) is 16.5. The molecule has 0 bridgehead atoms. The van der Waals surface area contributed by atoms with Gasteiger partial charge in [-0.3, -0.25) is 9.36 Å². The fourth-order valence-corrected chi connectivity index (χ4v) is 3.26. The zero-order valence-corrected chi connectivity index (χ0v) is 16.5. The molecule has 2 aromatic carbocycles. The second-order valence-electron chi connectivity index (χ2n) is 6.52. The Hall–Kier alpha value is -3.95. The van der Waals surface area contributed by atoms with Gasteiger partial charge in [0.15, 0.2) is 17.1 Å². The Kier molecular flexibility index (Phi) is 4.82. The van der Waals surface area contributed by atoms with Crippen molar-refractivity contribution in [2.24, 2.45) is 0 Å². The maximum absolute atomic E-state index is 13.9. The average Bonchev–Trinajstić information content (AvgIpc) is 3.13. The fourth-order valence-electron chi connectivity index (χ4n) is 3.26. The molecular formula is C20H18FN5O4. The predicted molar refractivity (Wildman–Crippen MR) is 108 cm³/mol. The van der Waals surface area contributed by atoms with Gasteiger partial charge in [-0.2, -0.15) is 4.52 Å². The van der Waals surface area contributed by atoms with E-state index in [1.807, 2.05) is 0 Å². The van der Waals surface area contributed by atoms with Crippen molar-refractivity contribution in [2.75, 3.05) is 19.5 Å². The molecule has 30 heavy (non-hydrogen) atoms. The highest BCUT2D eigenvalue weighted by atomic mass is 19.1. The van der Waals surface area contributed by atoms with E-state index in [9.17, 15) is 14.0 Å². The summed E-state index contributed by atoms with van der Waals surface area (Å²) in [5.41, 5.74) is 0.200. The fraction of sp³-hybridized carbons (Fsp3) is 0.200. The van der Waals surface area contributed by atoms with Crippen LogP contribution in [0.1, 0.15) is 5.82 Å². The van der Waals surface area contributed by atoms with E-state index in [-0.39, 0.29) is 12.2 Å². The number of amides is 1. The molecule has 0 saturated heterocycles. The SMILES string of the molecule is COc1cc2c(cc1OC)n(CC(=O)Nc1ccccc1F)c(=O)n1nc(C)nc21. The lowest BCUT2D eigenvalue weighted by Gasteiger charge is -2.14. The lowest BCUT2D eigenvalue weighted by molar-refractivity contribution is -0.116. The van der Waals surface area contributed by atoms with Crippen LogP contribution in [0.25, 0.3) is 16.6 Å². The van der Waals surface area contributed by atoms with Crippen molar-refractivity contribution in [1.82, 2.24) is 19.2 Å².